The molecule has 0 bridgehead atoms. The van der Waals surface area contributed by atoms with Crippen molar-refractivity contribution in [1.82, 2.24) is 0 Å². The quantitative estimate of drug-likeness (QED) is 0.0354. The van der Waals surface area contributed by atoms with Crippen molar-refractivity contribution in [2.75, 3.05) is 27.4 Å². The minimum atomic E-state index is -0.344. The normalized spacial score (nSPS) is 23.2. The van der Waals surface area contributed by atoms with Gasteiger partial charge in [0.25, 0.3) is 2.99 Å². The zero-order valence-electron chi connectivity index (χ0n) is 38.6. The van der Waals surface area contributed by atoms with E-state index in [1.54, 1.807) is 36.6 Å². The second kappa shape index (κ2) is 36.2. The third kappa shape index (κ3) is 23.1. The van der Waals surface area contributed by atoms with E-state index in [1.165, 1.54) is 121 Å². The molecule has 5 atom stereocenters. The van der Waals surface area contributed by atoms with Crippen molar-refractivity contribution >= 4 is 87.8 Å². The molecule has 0 aromatic rings. The van der Waals surface area contributed by atoms with Crippen LogP contribution in [0, 0.1) is 28.6 Å². The number of hydrogen-bond donors (Lipinski definition) is 0. The molecule has 0 heterocycles. The van der Waals surface area contributed by atoms with E-state index in [0.29, 0.717) is 12.0 Å². The van der Waals surface area contributed by atoms with Crippen LogP contribution in [0.15, 0.2) is 11.6 Å². The maximum Gasteiger partial charge on any atom is 0.312 e. The monoisotopic (exact) mass is 1160 g/mol. The third-order valence-corrected chi connectivity index (χ3v) is 14.2. The van der Waals surface area contributed by atoms with E-state index >= 15 is 0 Å². The minimum Gasteiger partial charge on any atom is -0.469 e. The summed E-state index contributed by atoms with van der Waals surface area (Å²) in [5.74, 6) is 2.27. The van der Waals surface area contributed by atoms with Gasteiger partial charge in [-0.05, 0) is 114 Å². The molecular weight excluding hydrogens is 1070 g/mol. The molecule has 4 aliphatic carbocycles. The van der Waals surface area contributed by atoms with E-state index < -0.39 is 0 Å². The Morgan fingerprint density at radius 2 is 1.17 bits per heavy atom. The second-order valence-corrected chi connectivity index (χ2v) is 21.8. The molecule has 0 aliphatic heterocycles. The Hall–Kier alpha value is 0.920. The summed E-state index contributed by atoms with van der Waals surface area (Å²) in [7, 11) is 3.13. The number of hydrogen-bond acceptors (Lipinski definition) is 6. The van der Waals surface area contributed by atoms with Gasteiger partial charge < -0.3 is 18.9 Å². The average molecular weight is 1160 g/mol. The summed E-state index contributed by atoms with van der Waals surface area (Å²) in [6.45, 7) is 10.5. The van der Waals surface area contributed by atoms with Crippen LogP contribution >= 0.6 is 67.1 Å². The van der Waals surface area contributed by atoms with Gasteiger partial charge in [0.2, 0.25) is 0 Å². The standard InChI is InChI=1S/C24H44O3.C24H42O3.BI2.BI/c2*1-4-6-17-27-22-14-10-13-21(18-22)19-24(5-2,23(25)26-3)16-15-20-11-8-7-9-12-20;2-1-3;1-2/h20-22H,4-19H2,1-3H3;18,20,22H,4-17,19H2,1-3H3;;/t21-,22-,24+;22-,24+;;/m11../s1. The Morgan fingerprint density at radius 1 is 0.678 bits per heavy atom. The SMILES string of the molecule is CCCCO[C@@H]1CCC[C@@H](C[C@](CC)(CCC2CCCCC2)C(=O)OC)C1.CCCCO[C@H]1C=C(C[C@](CC)(CCC2CCCCC2)C(=O)OC)CCC1.I[B]I.[B]I. The Labute approximate surface area is 406 Å². The summed E-state index contributed by atoms with van der Waals surface area (Å²) >= 11 is 5.95. The highest BCUT2D eigenvalue weighted by molar-refractivity contribution is 14.3. The van der Waals surface area contributed by atoms with Crippen LogP contribution in [0.5, 0.6) is 0 Å². The van der Waals surface area contributed by atoms with Crippen molar-refractivity contribution in [3.63, 3.8) is 0 Å². The number of carbonyl (C=O) groups is 2. The van der Waals surface area contributed by atoms with Crippen LogP contribution in [0.4, 0.5) is 0 Å². The van der Waals surface area contributed by atoms with Gasteiger partial charge in [0.1, 0.15) is 0 Å². The molecule has 0 amide bonds. The van der Waals surface area contributed by atoms with Gasteiger partial charge in [-0.1, -0.05) is 129 Å². The number of esters is 2. The molecule has 4 aliphatic rings. The summed E-state index contributed by atoms with van der Waals surface area (Å²) in [6.07, 6.45) is 37.5. The van der Waals surface area contributed by atoms with E-state index in [-0.39, 0.29) is 28.9 Å². The van der Waals surface area contributed by atoms with Gasteiger partial charge >= 0.3 is 11.9 Å². The molecule has 0 aromatic heterocycles. The van der Waals surface area contributed by atoms with Crippen LogP contribution in [0.25, 0.3) is 0 Å². The summed E-state index contributed by atoms with van der Waals surface area (Å²) in [5.41, 5.74) is 5.27. The van der Waals surface area contributed by atoms with Gasteiger partial charge in [-0.25, -0.2) is 0 Å². The van der Waals surface area contributed by atoms with Crippen LogP contribution < -0.4 is 0 Å². The first-order valence-electron chi connectivity index (χ1n) is 24.0. The van der Waals surface area contributed by atoms with Crippen molar-refractivity contribution in [2.45, 2.75) is 226 Å². The van der Waals surface area contributed by atoms with Crippen molar-refractivity contribution in [2.24, 2.45) is 28.6 Å². The van der Waals surface area contributed by atoms with E-state index in [9.17, 15) is 9.59 Å². The number of allylic oxidation sites excluding steroid dienone is 1. The van der Waals surface area contributed by atoms with E-state index in [0.717, 1.165) is 95.7 Å². The van der Waals surface area contributed by atoms with E-state index in [1.807, 2.05) is 2.99 Å². The van der Waals surface area contributed by atoms with Gasteiger partial charge in [0, 0.05) is 13.2 Å². The first-order chi connectivity index (χ1) is 28.7. The van der Waals surface area contributed by atoms with Crippen LogP contribution in [-0.2, 0) is 28.5 Å². The molecule has 0 saturated heterocycles. The molecule has 4 rings (SSSR count). The fraction of sp³-hybridized carbons (Fsp3) is 0.917. The molecular formula is C48H86B2I3O6. The molecule has 341 valence electrons. The van der Waals surface area contributed by atoms with Crippen molar-refractivity contribution in [3.8, 4) is 0 Å². The number of ether oxygens (including phenoxy) is 4. The molecule has 3 saturated carbocycles. The topological polar surface area (TPSA) is 71.1 Å². The summed E-state index contributed by atoms with van der Waals surface area (Å²) < 4.78 is 24.7. The van der Waals surface area contributed by atoms with E-state index in [4.69, 9.17) is 18.9 Å². The maximum absolute atomic E-state index is 12.9. The zero-order chi connectivity index (χ0) is 43.8. The number of halogens is 3. The second-order valence-electron chi connectivity index (χ2n) is 18.2. The lowest BCUT2D eigenvalue weighted by atomic mass is 9.68. The van der Waals surface area contributed by atoms with Crippen LogP contribution in [0.2, 0.25) is 0 Å². The third-order valence-electron chi connectivity index (χ3n) is 14.2. The molecule has 0 spiro atoms. The zero-order valence-corrected chi connectivity index (χ0v) is 45.1. The molecule has 11 heteroatoms. The predicted molar refractivity (Wildman–Crippen MR) is 277 cm³/mol. The molecule has 0 aromatic carbocycles. The Balaban J connectivity index is 0.000000532. The maximum atomic E-state index is 12.9. The van der Waals surface area contributed by atoms with Crippen molar-refractivity contribution < 1.29 is 28.5 Å². The lowest BCUT2D eigenvalue weighted by Gasteiger charge is -2.38. The Bertz CT molecular complexity index is 1090. The van der Waals surface area contributed by atoms with Crippen LogP contribution in [0.3, 0.4) is 0 Å². The van der Waals surface area contributed by atoms with Gasteiger partial charge in [-0.3, -0.25) is 9.59 Å². The molecule has 59 heavy (non-hydrogen) atoms. The van der Waals surface area contributed by atoms with E-state index in [2.05, 4.69) is 84.2 Å². The summed E-state index contributed by atoms with van der Waals surface area (Å²) in [6, 6.07) is 0. The highest BCUT2D eigenvalue weighted by atomic mass is 127. The first kappa shape index (κ1) is 57.9. The minimum absolute atomic E-state index is 0.00395. The number of unbranched alkanes of at least 4 members (excludes halogenated alkanes) is 2. The molecule has 3 fully saturated rings. The van der Waals surface area contributed by atoms with Gasteiger partial charge in [0.05, 0.1) is 37.3 Å². The number of methoxy groups -OCH3 is 2. The molecule has 0 N–H and O–H groups in total. The molecule has 0 unspecified atom stereocenters. The first-order valence-corrected chi connectivity index (χ1v) is 27.8. The van der Waals surface area contributed by atoms with Crippen molar-refractivity contribution in [3.05, 3.63) is 11.6 Å². The lowest BCUT2D eigenvalue weighted by molar-refractivity contribution is -0.156. The van der Waals surface area contributed by atoms with Crippen LogP contribution in [-0.4, -0.2) is 60.3 Å². The Kier molecular flexibility index (Phi) is 35.5. The van der Waals surface area contributed by atoms with Gasteiger partial charge in [0.15, 0.2) is 5.70 Å². The highest BCUT2D eigenvalue weighted by Crippen LogP contribution is 2.44. The van der Waals surface area contributed by atoms with Gasteiger partial charge in [-0.2, -0.15) is 22.4 Å². The smallest absolute Gasteiger partial charge is 0.312 e. The highest BCUT2D eigenvalue weighted by Gasteiger charge is 2.42. The number of carbonyl (C=O) groups excluding carboxylic acids is 2. The fourth-order valence-corrected chi connectivity index (χ4v) is 10.4. The van der Waals surface area contributed by atoms with Crippen molar-refractivity contribution in [1.29, 1.82) is 0 Å². The molecule has 3 radical (unpaired) electrons. The van der Waals surface area contributed by atoms with Crippen LogP contribution in [0.1, 0.15) is 214 Å². The fourth-order valence-electron chi connectivity index (χ4n) is 10.4. The Morgan fingerprint density at radius 3 is 1.68 bits per heavy atom. The summed E-state index contributed by atoms with van der Waals surface area (Å²) in [5, 5.41) is 0. The largest absolute Gasteiger partial charge is 0.469 e. The average Bonchev–Trinajstić information content (AvgIpc) is 3.28. The number of rotatable bonds is 22. The predicted octanol–water partition coefficient (Wildman–Crippen LogP) is 15.2. The molecule has 6 nitrogen and oxygen atoms in total. The summed E-state index contributed by atoms with van der Waals surface area (Å²) in [4.78, 5) is 25.7. The lowest BCUT2D eigenvalue weighted by Crippen LogP contribution is -2.36. The van der Waals surface area contributed by atoms with Gasteiger partial charge in [-0.15, -0.1) is 44.7 Å².